The maximum atomic E-state index is 6.01. The third-order valence-electron chi connectivity index (χ3n) is 3.39. The van der Waals surface area contributed by atoms with Crippen molar-refractivity contribution in [2.75, 3.05) is 14.2 Å². The second-order valence-electron chi connectivity index (χ2n) is 4.73. The fourth-order valence-corrected chi connectivity index (χ4v) is 2.95. The van der Waals surface area contributed by atoms with Crippen molar-refractivity contribution in [3.05, 3.63) is 27.9 Å². The van der Waals surface area contributed by atoms with E-state index in [0.717, 1.165) is 28.1 Å². The molecule has 2 aromatic rings. The molecule has 3 rings (SSSR count). The predicted molar refractivity (Wildman–Crippen MR) is 75.2 cm³/mol. The Kier molecular flexibility index (Phi) is 3.08. The minimum atomic E-state index is 0.661. The molecule has 0 bridgehead atoms. The molecule has 0 unspecified atom stereocenters. The smallest absolute Gasteiger partial charge is 0.149 e. The van der Waals surface area contributed by atoms with Crippen LogP contribution in [0.1, 0.15) is 30.1 Å². The summed E-state index contributed by atoms with van der Waals surface area (Å²) in [6, 6.07) is 4.03. The number of hydrogen-bond donors (Lipinski definition) is 1. The normalized spacial score (nSPS) is 15.3. The lowest BCUT2D eigenvalue weighted by atomic mass is 10.1. The highest BCUT2D eigenvalue weighted by molar-refractivity contribution is 9.10. The summed E-state index contributed by atoms with van der Waals surface area (Å²) < 4.78 is 12.3. The topological polar surface area (TPSA) is 34.4 Å². The first-order valence-electron chi connectivity index (χ1n) is 6.18. The molecule has 0 aliphatic heterocycles. The lowest BCUT2D eigenvalue weighted by molar-refractivity contribution is 0.415. The average Bonchev–Trinajstić information content (AvgIpc) is 3.12. The summed E-state index contributed by atoms with van der Waals surface area (Å²) in [5.41, 5.74) is 2.29. The van der Waals surface area contributed by atoms with E-state index in [2.05, 4.69) is 27.3 Å². The Hall–Kier alpha value is -1.00. The number of ether oxygens (including phenoxy) is 1. The van der Waals surface area contributed by atoms with E-state index in [-0.39, 0.29) is 0 Å². The van der Waals surface area contributed by atoms with Crippen LogP contribution in [0.5, 0.6) is 5.75 Å². The molecule has 3 nitrogen and oxygen atoms in total. The molecule has 0 saturated heterocycles. The predicted octanol–water partition coefficient (Wildman–Crippen LogP) is 3.80. The average molecular weight is 310 g/mol. The van der Waals surface area contributed by atoms with Gasteiger partial charge in [0.05, 0.1) is 18.1 Å². The van der Waals surface area contributed by atoms with Crippen LogP contribution in [0.25, 0.3) is 11.0 Å². The Bertz CT molecular complexity index is 587. The minimum Gasteiger partial charge on any atom is -0.497 e. The lowest BCUT2D eigenvalue weighted by Gasteiger charge is -2.02. The molecule has 1 aromatic heterocycles. The van der Waals surface area contributed by atoms with E-state index in [0.29, 0.717) is 5.92 Å². The second-order valence-corrected chi connectivity index (χ2v) is 5.58. The van der Waals surface area contributed by atoms with E-state index < -0.39 is 0 Å². The Morgan fingerprint density at radius 2 is 2.22 bits per heavy atom. The van der Waals surface area contributed by atoms with Crippen LogP contribution in [0.2, 0.25) is 0 Å². The molecule has 0 atom stereocenters. The largest absolute Gasteiger partial charge is 0.497 e. The van der Waals surface area contributed by atoms with E-state index >= 15 is 0 Å². The molecule has 0 spiro atoms. The van der Waals surface area contributed by atoms with Gasteiger partial charge in [-0.3, -0.25) is 0 Å². The van der Waals surface area contributed by atoms with Gasteiger partial charge in [-0.2, -0.15) is 0 Å². The Morgan fingerprint density at radius 3 is 2.83 bits per heavy atom. The molecule has 18 heavy (non-hydrogen) atoms. The highest BCUT2D eigenvalue weighted by atomic mass is 79.9. The molecule has 4 heteroatoms. The SMILES string of the molecule is CNCc1oc2c(Br)cc(OC)cc2c1C1CC1. The Labute approximate surface area is 115 Å². The Balaban J connectivity index is 2.24. The van der Waals surface area contributed by atoms with Crippen molar-refractivity contribution in [1.82, 2.24) is 5.32 Å². The van der Waals surface area contributed by atoms with Crippen molar-refractivity contribution in [3.8, 4) is 5.75 Å². The van der Waals surface area contributed by atoms with E-state index in [1.54, 1.807) is 7.11 Å². The highest BCUT2D eigenvalue weighted by Gasteiger charge is 2.31. The molecule has 1 aliphatic rings. The van der Waals surface area contributed by atoms with Crippen molar-refractivity contribution in [2.24, 2.45) is 0 Å². The third kappa shape index (κ3) is 1.93. The zero-order valence-electron chi connectivity index (χ0n) is 10.5. The number of nitrogens with one attached hydrogen (secondary N) is 1. The van der Waals surface area contributed by atoms with Gasteiger partial charge in [-0.15, -0.1) is 0 Å². The van der Waals surface area contributed by atoms with Gasteiger partial charge in [-0.1, -0.05) is 0 Å². The van der Waals surface area contributed by atoms with E-state index in [9.17, 15) is 0 Å². The van der Waals surface area contributed by atoms with Crippen molar-refractivity contribution < 1.29 is 9.15 Å². The zero-order valence-corrected chi connectivity index (χ0v) is 12.1. The second kappa shape index (κ2) is 4.59. The summed E-state index contributed by atoms with van der Waals surface area (Å²) in [5.74, 6) is 2.59. The highest BCUT2D eigenvalue weighted by Crippen LogP contribution is 2.48. The van der Waals surface area contributed by atoms with Gasteiger partial charge in [-0.25, -0.2) is 0 Å². The maximum Gasteiger partial charge on any atom is 0.149 e. The fourth-order valence-electron chi connectivity index (χ4n) is 2.43. The first-order valence-corrected chi connectivity index (χ1v) is 6.97. The Morgan fingerprint density at radius 1 is 1.44 bits per heavy atom. The quantitative estimate of drug-likeness (QED) is 0.933. The van der Waals surface area contributed by atoms with Crippen molar-refractivity contribution in [1.29, 1.82) is 0 Å². The third-order valence-corrected chi connectivity index (χ3v) is 3.98. The van der Waals surface area contributed by atoms with E-state index in [1.165, 1.54) is 23.8 Å². The van der Waals surface area contributed by atoms with Crippen molar-refractivity contribution in [3.63, 3.8) is 0 Å². The van der Waals surface area contributed by atoms with Gasteiger partial charge in [0.15, 0.2) is 0 Å². The fraction of sp³-hybridized carbons (Fsp3) is 0.429. The van der Waals surface area contributed by atoms with Gasteiger partial charge in [0.25, 0.3) is 0 Å². The van der Waals surface area contributed by atoms with Crippen LogP contribution in [0.15, 0.2) is 21.0 Å². The van der Waals surface area contributed by atoms with E-state index in [4.69, 9.17) is 9.15 Å². The first kappa shape index (κ1) is 12.1. The van der Waals surface area contributed by atoms with Crippen LogP contribution in [0.4, 0.5) is 0 Å². The molecule has 1 aromatic carbocycles. The number of methoxy groups -OCH3 is 1. The van der Waals surface area contributed by atoms with Crippen LogP contribution in [0, 0.1) is 0 Å². The molecule has 0 radical (unpaired) electrons. The van der Waals surface area contributed by atoms with Crippen molar-refractivity contribution >= 4 is 26.9 Å². The zero-order chi connectivity index (χ0) is 12.7. The lowest BCUT2D eigenvalue weighted by Crippen LogP contribution is -2.05. The summed E-state index contributed by atoms with van der Waals surface area (Å²) in [6.45, 7) is 0.773. The number of furan rings is 1. The molecule has 1 fully saturated rings. The van der Waals surface area contributed by atoms with Gasteiger partial charge in [0.2, 0.25) is 0 Å². The summed E-state index contributed by atoms with van der Waals surface area (Å²) in [7, 11) is 3.64. The summed E-state index contributed by atoms with van der Waals surface area (Å²) in [6.07, 6.45) is 2.53. The van der Waals surface area contributed by atoms with Crippen LogP contribution >= 0.6 is 15.9 Å². The van der Waals surface area contributed by atoms with Gasteiger partial charge < -0.3 is 14.5 Å². The maximum absolute atomic E-state index is 6.01. The molecular weight excluding hydrogens is 294 g/mol. The number of benzene rings is 1. The summed E-state index contributed by atoms with van der Waals surface area (Å²) in [4.78, 5) is 0. The van der Waals surface area contributed by atoms with Crippen LogP contribution in [-0.2, 0) is 6.54 Å². The van der Waals surface area contributed by atoms with Crippen molar-refractivity contribution in [2.45, 2.75) is 25.3 Å². The van der Waals surface area contributed by atoms with E-state index in [1.807, 2.05) is 13.1 Å². The summed E-state index contributed by atoms with van der Waals surface area (Å²) >= 11 is 3.56. The van der Waals surface area contributed by atoms with Gasteiger partial charge >= 0.3 is 0 Å². The minimum absolute atomic E-state index is 0.661. The molecule has 96 valence electrons. The number of halogens is 1. The standard InChI is InChI=1S/C14H16BrNO2/c1-16-7-12-13(8-3-4-8)10-5-9(17-2)6-11(15)14(10)18-12/h5-6,8,16H,3-4,7H2,1-2H3. The van der Waals surface area contributed by atoms with Crippen LogP contribution < -0.4 is 10.1 Å². The van der Waals surface area contributed by atoms with Gasteiger partial charge in [0.1, 0.15) is 17.1 Å². The molecule has 0 amide bonds. The monoisotopic (exact) mass is 309 g/mol. The molecule has 1 N–H and O–H groups in total. The molecule has 1 saturated carbocycles. The first-order chi connectivity index (χ1) is 8.74. The number of hydrogen-bond acceptors (Lipinski definition) is 3. The van der Waals surface area contributed by atoms with Crippen LogP contribution in [-0.4, -0.2) is 14.2 Å². The summed E-state index contributed by atoms with van der Waals surface area (Å²) in [5, 5.41) is 4.36. The number of fused-ring (bicyclic) bond motifs is 1. The number of rotatable bonds is 4. The molecule has 1 heterocycles. The van der Waals surface area contributed by atoms with Gasteiger partial charge in [-0.05, 0) is 53.9 Å². The molecule has 1 aliphatic carbocycles. The van der Waals surface area contributed by atoms with Gasteiger partial charge in [0, 0.05) is 10.9 Å². The molecular formula is C14H16BrNO2. The van der Waals surface area contributed by atoms with Crippen LogP contribution in [0.3, 0.4) is 0 Å².